The molecule has 0 saturated carbocycles. The van der Waals surface area contributed by atoms with Crippen LogP contribution in [0.25, 0.3) is 0 Å². The number of rotatable bonds is 2. The highest BCUT2D eigenvalue weighted by molar-refractivity contribution is 5.14. The van der Waals surface area contributed by atoms with E-state index in [0.29, 0.717) is 6.42 Å². The molecule has 0 saturated heterocycles. The molecule has 1 heterocycles. The smallest absolute Gasteiger partial charge is 0.0641 e. The minimum Gasteiger partial charge on any atom is -0.367 e. The topological polar surface area (TPSA) is 65.6 Å². The standard InChI is InChI=1S/C7H9N3/c8-3-1-7(9)6-2-4-10-5-6/h2,4-5,7,10H,1,9H2/t7-/m0/s1. The van der Waals surface area contributed by atoms with Crippen molar-refractivity contribution in [1.82, 2.24) is 4.98 Å². The molecule has 0 radical (unpaired) electrons. The molecule has 1 atom stereocenters. The predicted octanol–water partition coefficient (Wildman–Crippen LogP) is 0.928. The fraction of sp³-hybridized carbons (Fsp3) is 0.286. The highest BCUT2D eigenvalue weighted by Gasteiger charge is 2.03. The van der Waals surface area contributed by atoms with E-state index in [2.05, 4.69) is 4.98 Å². The van der Waals surface area contributed by atoms with Crippen molar-refractivity contribution in [3.05, 3.63) is 24.0 Å². The van der Waals surface area contributed by atoms with Crippen molar-refractivity contribution in [3.8, 4) is 6.07 Å². The first-order valence-corrected chi connectivity index (χ1v) is 3.10. The third-order valence-electron chi connectivity index (χ3n) is 1.36. The highest BCUT2D eigenvalue weighted by atomic mass is 14.7. The van der Waals surface area contributed by atoms with Crippen LogP contribution in [0.15, 0.2) is 18.5 Å². The van der Waals surface area contributed by atoms with E-state index in [1.807, 2.05) is 18.3 Å². The first kappa shape index (κ1) is 6.84. The lowest BCUT2D eigenvalue weighted by molar-refractivity contribution is 0.750. The van der Waals surface area contributed by atoms with Gasteiger partial charge in [0, 0.05) is 18.4 Å². The summed E-state index contributed by atoms with van der Waals surface area (Å²) in [6.07, 6.45) is 3.98. The number of hydrogen-bond donors (Lipinski definition) is 2. The molecule has 1 aromatic heterocycles. The van der Waals surface area contributed by atoms with Crippen LogP contribution in [0.2, 0.25) is 0 Å². The lowest BCUT2D eigenvalue weighted by Crippen LogP contribution is -2.07. The maximum absolute atomic E-state index is 8.30. The number of nitrogens with one attached hydrogen (secondary N) is 1. The second kappa shape index (κ2) is 3.04. The summed E-state index contributed by atoms with van der Waals surface area (Å²) in [5.74, 6) is 0. The Kier molecular flexibility index (Phi) is 2.08. The predicted molar refractivity (Wildman–Crippen MR) is 38.0 cm³/mol. The summed E-state index contributed by atoms with van der Waals surface area (Å²) in [7, 11) is 0. The molecule has 0 aromatic carbocycles. The average molecular weight is 135 g/mol. The van der Waals surface area contributed by atoms with E-state index in [1.54, 1.807) is 6.20 Å². The molecular weight excluding hydrogens is 126 g/mol. The molecule has 1 aromatic rings. The maximum atomic E-state index is 8.30. The number of aromatic amines is 1. The number of hydrogen-bond acceptors (Lipinski definition) is 2. The van der Waals surface area contributed by atoms with Crippen LogP contribution in [-0.2, 0) is 0 Å². The van der Waals surface area contributed by atoms with Crippen LogP contribution in [0.4, 0.5) is 0 Å². The molecule has 0 fully saturated rings. The molecule has 3 nitrogen and oxygen atoms in total. The van der Waals surface area contributed by atoms with Gasteiger partial charge in [0.25, 0.3) is 0 Å². The van der Waals surface area contributed by atoms with Gasteiger partial charge in [-0.2, -0.15) is 5.26 Å². The van der Waals surface area contributed by atoms with Crippen LogP contribution in [-0.4, -0.2) is 4.98 Å². The molecule has 52 valence electrons. The molecule has 0 unspecified atom stereocenters. The number of H-pyrrole nitrogens is 1. The van der Waals surface area contributed by atoms with Crippen LogP contribution in [0.5, 0.6) is 0 Å². The van der Waals surface area contributed by atoms with Crippen molar-refractivity contribution in [2.75, 3.05) is 0 Å². The molecule has 3 N–H and O–H groups in total. The van der Waals surface area contributed by atoms with Crippen LogP contribution in [0.3, 0.4) is 0 Å². The number of nitrogens with zero attached hydrogens (tertiary/aromatic N) is 1. The molecular formula is C7H9N3. The molecule has 0 amide bonds. The molecule has 0 spiro atoms. The van der Waals surface area contributed by atoms with Crippen LogP contribution >= 0.6 is 0 Å². The van der Waals surface area contributed by atoms with Crippen LogP contribution < -0.4 is 5.73 Å². The van der Waals surface area contributed by atoms with Gasteiger partial charge in [-0.25, -0.2) is 0 Å². The van der Waals surface area contributed by atoms with Gasteiger partial charge in [-0.15, -0.1) is 0 Å². The molecule has 0 aliphatic rings. The summed E-state index contributed by atoms with van der Waals surface area (Å²) in [6, 6.07) is 3.75. The average Bonchev–Trinajstić information content (AvgIpc) is 2.38. The van der Waals surface area contributed by atoms with Crippen molar-refractivity contribution in [2.24, 2.45) is 5.73 Å². The lowest BCUT2D eigenvalue weighted by Gasteiger charge is -2.01. The highest BCUT2D eigenvalue weighted by Crippen LogP contribution is 2.10. The van der Waals surface area contributed by atoms with E-state index in [1.165, 1.54) is 0 Å². The first-order valence-electron chi connectivity index (χ1n) is 3.10. The van der Waals surface area contributed by atoms with Crippen molar-refractivity contribution in [1.29, 1.82) is 5.26 Å². The fourth-order valence-electron chi connectivity index (χ4n) is 0.784. The zero-order valence-electron chi connectivity index (χ0n) is 5.54. The van der Waals surface area contributed by atoms with Gasteiger partial charge in [-0.3, -0.25) is 0 Å². The molecule has 0 aliphatic carbocycles. The second-order valence-corrected chi connectivity index (χ2v) is 2.11. The lowest BCUT2D eigenvalue weighted by atomic mass is 10.1. The second-order valence-electron chi connectivity index (χ2n) is 2.11. The first-order chi connectivity index (χ1) is 4.84. The Morgan fingerprint density at radius 3 is 3.10 bits per heavy atom. The fourth-order valence-corrected chi connectivity index (χ4v) is 0.784. The van der Waals surface area contributed by atoms with Gasteiger partial charge in [0.2, 0.25) is 0 Å². The molecule has 0 aliphatic heterocycles. The quantitative estimate of drug-likeness (QED) is 0.633. The van der Waals surface area contributed by atoms with Gasteiger partial charge in [0.15, 0.2) is 0 Å². The minimum atomic E-state index is -0.142. The van der Waals surface area contributed by atoms with Crippen molar-refractivity contribution < 1.29 is 0 Å². The normalized spacial score (nSPS) is 12.4. The monoisotopic (exact) mass is 135 g/mol. The largest absolute Gasteiger partial charge is 0.367 e. The summed E-state index contributed by atoms with van der Waals surface area (Å²) < 4.78 is 0. The Morgan fingerprint density at radius 2 is 2.60 bits per heavy atom. The summed E-state index contributed by atoms with van der Waals surface area (Å²) in [5.41, 5.74) is 6.60. The number of nitrogens with two attached hydrogens (primary N) is 1. The molecule has 3 heteroatoms. The Balaban J connectivity index is 2.61. The van der Waals surface area contributed by atoms with Crippen LogP contribution in [0, 0.1) is 11.3 Å². The Morgan fingerprint density at radius 1 is 1.80 bits per heavy atom. The Hall–Kier alpha value is -1.27. The molecule has 10 heavy (non-hydrogen) atoms. The maximum Gasteiger partial charge on any atom is 0.0641 e. The van der Waals surface area contributed by atoms with Crippen molar-refractivity contribution >= 4 is 0 Å². The third kappa shape index (κ3) is 1.36. The zero-order valence-corrected chi connectivity index (χ0v) is 5.54. The summed E-state index contributed by atoms with van der Waals surface area (Å²) in [4.78, 5) is 2.88. The Bertz CT molecular complexity index is 219. The van der Waals surface area contributed by atoms with E-state index in [4.69, 9.17) is 11.0 Å². The van der Waals surface area contributed by atoms with Gasteiger partial charge in [0.1, 0.15) is 0 Å². The number of aromatic nitrogens is 1. The van der Waals surface area contributed by atoms with E-state index in [9.17, 15) is 0 Å². The van der Waals surface area contributed by atoms with Crippen molar-refractivity contribution in [2.45, 2.75) is 12.5 Å². The van der Waals surface area contributed by atoms with Gasteiger partial charge in [0.05, 0.1) is 12.5 Å². The van der Waals surface area contributed by atoms with Gasteiger partial charge in [-0.05, 0) is 11.6 Å². The SMILES string of the molecule is N#CC[C@H](N)c1cc[nH]c1. The van der Waals surface area contributed by atoms with Gasteiger partial charge >= 0.3 is 0 Å². The molecule has 0 bridgehead atoms. The summed E-state index contributed by atoms with van der Waals surface area (Å²) in [6.45, 7) is 0. The van der Waals surface area contributed by atoms with Crippen LogP contribution in [0.1, 0.15) is 18.0 Å². The van der Waals surface area contributed by atoms with Crippen molar-refractivity contribution in [3.63, 3.8) is 0 Å². The molecule has 1 rings (SSSR count). The van der Waals surface area contributed by atoms with E-state index < -0.39 is 0 Å². The third-order valence-corrected chi connectivity index (χ3v) is 1.36. The van der Waals surface area contributed by atoms with Gasteiger partial charge in [-0.1, -0.05) is 0 Å². The van der Waals surface area contributed by atoms with E-state index in [0.717, 1.165) is 5.56 Å². The van der Waals surface area contributed by atoms with E-state index >= 15 is 0 Å². The van der Waals surface area contributed by atoms with E-state index in [-0.39, 0.29) is 6.04 Å². The zero-order chi connectivity index (χ0) is 7.40. The summed E-state index contributed by atoms with van der Waals surface area (Å²) in [5, 5.41) is 8.30. The summed E-state index contributed by atoms with van der Waals surface area (Å²) >= 11 is 0. The Labute approximate surface area is 59.5 Å². The van der Waals surface area contributed by atoms with Gasteiger partial charge < -0.3 is 10.7 Å². The number of nitriles is 1. The minimum absolute atomic E-state index is 0.142.